The summed E-state index contributed by atoms with van der Waals surface area (Å²) in [6, 6.07) is 14.5. The molecule has 2 rings (SSSR count). The summed E-state index contributed by atoms with van der Waals surface area (Å²) in [6.07, 6.45) is 0. The van der Waals surface area contributed by atoms with Crippen molar-refractivity contribution in [2.24, 2.45) is 0 Å². The molecule has 0 fully saturated rings. The lowest BCUT2D eigenvalue weighted by molar-refractivity contribution is 0.0526. The Morgan fingerprint density at radius 2 is 1.42 bits per heavy atom. The molecule has 0 saturated heterocycles. The summed E-state index contributed by atoms with van der Waals surface area (Å²) in [5.74, 6) is -0.343. The number of nitrogens with one attached hydrogen (secondary N) is 2. The van der Waals surface area contributed by atoms with Crippen LogP contribution in [0.1, 0.15) is 28.4 Å². The van der Waals surface area contributed by atoms with Crippen LogP contribution in [-0.4, -0.2) is 18.6 Å². The summed E-state index contributed by atoms with van der Waals surface area (Å²) in [4.78, 5) is 23.4. The molecule has 0 aliphatic carbocycles. The molecule has 0 aliphatic rings. The maximum atomic E-state index is 11.8. The third-order valence-electron chi connectivity index (χ3n) is 3.28. The van der Waals surface area contributed by atoms with Gasteiger partial charge in [0.2, 0.25) is 0 Å². The van der Waals surface area contributed by atoms with Gasteiger partial charge in [-0.15, -0.1) is 0 Å². The van der Waals surface area contributed by atoms with Gasteiger partial charge in [0.05, 0.1) is 12.2 Å². The Morgan fingerprint density at radius 3 is 1.92 bits per heavy atom. The molecule has 24 heavy (non-hydrogen) atoms. The minimum Gasteiger partial charge on any atom is -0.462 e. The first-order valence-electron chi connectivity index (χ1n) is 7.60. The van der Waals surface area contributed by atoms with Crippen LogP contribution in [0.15, 0.2) is 53.0 Å². The van der Waals surface area contributed by atoms with E-state index in [1.54, 1.807) is 31.2 Å². The smallest absolute Gasteiger partial charge is 0.338 e. The second-order valence-corrected chi connectivity index (χ2v) is 6.00. The van der Waals surface area contributed by atoms with Gasteiger partial charge in [-0.05, 0) is 42.3 Å². The lowest BCUT2D eigenvalue weighted by Crippen LogP contribution is -2.34. The van der Waals surface area contributed by atoms with Crippen molar-refractivity contribution >= 4 is 27.9 Å². The Kier molecular flexibility index (Phi) is 6.81. The number of carbonyl (C=O) groups is 2. The molecule has 126 valence electrons. The van der Waals surface area contributed by atoms with Crippen LogP contribution >= 0.6 is 15.9 Å². The van der Waals surface area contributed by atoms with E-state index in [0.717, 1.165) is 15.6 Å². The summed E-state index contributed by atoms with van der Waals surface area (Å²) in [6.45, 7) is 2.96. The number of rotatable bonds is 6. The molecule has 0 saturated carbocycles. The van der Waals surface area contributed by atoms with Gasteiger partial charge in [-0.3, -0.25) is 0 Å². The molecule has 0 unspecified atom stereocenters. The molecule has 2 amide bonds. The van der Waals surface area contributed by atoms with E-state index in [1.807, 2.05) is 24.3 Å². The summed E-state index contributed by atoms with van der Waals surface area (Å²) >= 11 is 3.37. The lowest BCUT2D eigenvalue weighted by Gasteiger charge is -2.08. The van der Waals surface area contributed by atoms with Crippen molar-refractivity contribution in [1.82, 2.24) is 10.6 Å². The fourth-order valence-corrected chi connectivity index (χ4v) is 2.27. The van der Waals surface area contributed by atoms with Gasteiger partial charge in [0.25, 0.3) is 0 Å². The zero-order valence-electron chi connectivity index (χ0n) is 13.3. The Labute approximate surface area is 149 Å². The number of ether oxygens (including phenoxy) is 1. The number of benzene rings is 2. The standard InChI is InChI=1S/C18H19BrN2O3/c1-2-24-17(22)15-7-3-13(4-8-15)11-20-18(23)21-12-14-5-9-16(19)10-6-14/h3-10H,2,11-12H2,1H3,(H2,20,21,23). The van der Waals surface area contributed by atoms with Gasteiger partial charge >= 0.3 is 12.0 Å². The molecule has 0 aliphatic heterocycles. The normalized spacial score (nSPS) is 10.1. The first kappa shape index (κ1) is 18.0. The van der Waals surface area contributed by atoms with E-state index in [2.05, 4.69) is 26.6 Å². The van der Waals surface area contributed by atoms with Gasteiger partial charge in [0.1, 0.15) is 0 Å². The molecule has 0 spiro atoms. The van der Waals surface area contributed by atoms with Gasteiger partial charge in [-0.2, -0.15) is 0 Å². The largest absolute Gasteiger partial charge is 0.462 e. The monoisotopic (exact) mass is 390 g/mol. The van der Waals surface area contributed by atoms with E-state index in [-0.39, 0.29) is 12.0 Å². The third-order valence-corrected chi connectivity index (χ3v) is 3.81. The molecule has 5 nitrogen and oxygen atoms in total. The third kappa shape index (κ3) is 5.70. The second-order valence-electron chi connectivity index (χ2n) is 5.08. The zero-order chi connectivity index (χ0) is 17.4. The van der Waals surface area contributed by atoms with Crippen LogP contribution < -0.4 is 10.6 Å². The van der Waals surface area contributed by atoms with E-state index in [9.17, 15) is 9.59 Å². The number of esters is 1. The topological polar surface area (TPSA) is 67.4 Å². The minimum absolute atomic E-state index is 0.243. The summed E-state index contributed by atoms with van der Waals surface area (Å²) in [5.41, 5.74) is 2.43. The van der Waals surface area contributed by atoms with Gasteiger partial charge in [0, 0.05) is 17.6 Å². The number of urea groups is 1. The Balaban J connectivity index is 1.77. The van der Waals surface area contributed by atoms with E-state index in [1.165, 1.54) is 0 Å². The Morgan fingerprint density at radius 1 is 0.917 bits per heavy atom. The number of amides is 2. The molecule has 2 aromatic carbocycles. The minimum atomic E-state index is -0.343. The van der Waals surface area contributed by atoms with E-state index in [4.69, 9.17) is 4.74 Å². The van der Waals surface area contributed by atoms with Crippen LogP contribution in [0.25, 0.3) is 0 Å². The Bertz CT molecular complexity index is 684. The fourth-order valence-electron chi connectivity index (χ4n) is 2.00. The van der Waals surface area contributed by atoms with Crippen molar-refractivity contribution < 1.29 is 14.3 Å². The van der Waals surface area contributed by atoms with Crippen LogP contribution in [0.3, 0.4) is 0 Å². The molecular formula is C18H19BrN2O3. The van der Waals surface area contributed by atoms with Crippen molar-refractivity contribution in [2.75, 3.05) is 6.61 Å². The molecule has 6 heteroatoms. The highest BCUT2D eigenvalue weighted by Crippen LogP contribution is 2.10. The van der Waals surface area contributed by atoms with Crippen molar-refractivity contribution in [3.05, 3.63) is 69.7 Å². The number of carbonyl (C=O) groups excluding carboxylic acids is 2. The van der Waals surface area contributed by atoms with Crippen LogP contribution in [0.4, 0.5) is 4.79 Å². The van der Waals surface area contributed by atoms with Crippen molar-refractivity contribution in [3.63, 3.8) is 0 Å². The summed E-state index contributed by atoms with van der Waals surface area (Å²) in [7, 11) is 0. The molecule has 0 bridgehead atoms. The van der Waals surface area contributed by atoms with Crippen molar-refractivity contribution in [2.45, 2.75) is 20.0 Å². The van der Waals surface area contributed by atoms with E-state index < -0.39 is 0 Å². The number of halogens is 1. The summed E-state index contributed by atoms with van der Waals surface area (Å²) < 4.78 is 5.93. The predicted molar refractivity (Wildman–Crippen MR) is 95.6 cm³/mol. The quantitative estimate of drug-likeness (QED) is 0.740. The average Bonchev–Trinajstić information content (AvgIpc) is 2.60. The molecule has 2 N–H and O–H groups in total. The zero-order valence-corrected chi connectivity index (χ0v) is 14.9. The second kappa shape index (κ2) is 9.08. The van der Waals surface area contributed by atoms with Crippen LogP contribution in [0.5, 0.6) is 0 Å². The number of hydrogen-bond donors (Lipinski definition) is 2. The van der Waals surface area contributed by atoms with Crippen LogP contribution in [-0.2, 0) is 17.8 Å². The lowest BCUT2D eigenvalue weighted by atomic mass is 10.1. The average molecular weight is 391 g/mol. The maximum absolute atomic E-state index is 11.8. The molecule has 0 aromatic heterocycles. The van der Waals surface area contributed by atoms with Gasteiger partial charge < -0.3 is 15.4 Å². The molecular weight excluding hydrogens is 372 g/mol. The summed E-state index contributed by atoms with van der Waals surface area (Å²) in [5, 5.41) is 5.57. The van der Waals surface area contributed by atoms with Gasteiger partial charge in [-0.25, -0.2) is 9.59 Å². The first-order valence-corrected chi connectivity index (χ1v) is 8.40. The predicted octanol–water partition coefficient (Wildman–Crippen LogP) is 3.63. The van der Waals surface area contributed by atoms with Crippen LogP contribution in [0.2, 0.25) is 0 Å². The van der Waals surface area contributed by atoms with Crippen LogP contribution in [0, 0.1) is 0 Å². The maximum Gasteiger partial charge on any atom is 0.338 e. The van der Waals surface area contributed by atoms with Crippen molar-refractivity contribution in [1.29, 1.82) is 0 Å². The van der Waals surface area contributed by atoms with Gasteiger partial charge in [-0.1, -0.05) is 40.2 Å². The highest BCUT2D eigenvalue weighted by atomic mass is 79.9. The molecule has 0 radical (unpaired) electrons. The molecule has 2 aromatic rings. The molecule has 0 heterocycles. The Hall–Kier alpha value is -2.34. The highest BCUT2D eigenvalue weighted by molar-refractivity contribution is 9.10. The van der Waals surface area contributed by atoms with Crippen molar-refractivity contribution in [3.8, 4) is 0 Å². The highest BCUT2D eigenvalue weighted by Gasteiger charge is 2.06. The van der Waals surface area contributed by atoms with E-state index in [0.29, 0.717) is 25.3 Å². The van der Waals surface area contributed by atoms with E-state index >= 15 is 0 Å². The fraction of sp³-hybridized carbons (Fsp3) is 0.222. The first-order chi connectivity index (χ1) is 11.6. The van der Waals surface area contributed by atoms with Gasteiger partial charge in [0.15, 0.2) is 0 Å². The number of hydrogen-bond acceptors (Lipinski definition) is 3. The molecule has 0 atom stereocenters. The SMILES string of the molecule is CCOC(=O)c1ccc(CNC(=O)NCc2ccc(Br)cc2)cc1.